The zero-order valence-electron chi connectivity index (χ0n) is 9.98. The fraction of sp³-hybridized carbons (Fsp3) is 0.462. The highest BCUT2D eigenvalue weighted by Crippen LogP contribution is 2.18. The smallest absolute Gasteiger partial charge is 0.128 e. The number of nitrogens with two attached hydrogens (primary N) is 1. The minimum Gasteiger partial charge on any atom is -0.353 e. The Bertz CT molecular complexity index is 379. The number of hydrogen-bond acceptors (Lipinski definition) is 3. The molecular weight excluding hydrogens is 198 g/mol. The van der Waals surface area contributed by atoms with Crippen LogP contribution in [0.15, 0.2) is 30.0 Å². The van der Waals surface area contributed by atoms with Crippen molar-refractivity contribution in [2.45, 2.75) is 26.3 Å². The summed E-state index contributed by atoms with van der Waals surface area (Å²) >= 11 is 0. The standard InChI is InChI=1S/C13H19N3/c1-10-5-7-16(8-6-10)13-4-3-12(9-15-13)11(2)14/h3-5,9,11H,6-8,14H2,1-2H3/t11-/m1/s1. The van der Waals surface area contributed by atoms with Gasteiger partial charge < -0.3 is 10.6 Å². The van der Waals surface area contributed by atoms with Crippen molar-refractivity contribution in [3.8, 4) is 0 Å². The van der Waals surface area contributed by atoms with Crippen LogP contribution in [-0.2, 0) is 0 Å². The number of hydrogen-bond donors (Lipinski definition) is 1. The van der Waals surface area contributed by atoms with Crippen LogP contribution in [0.25, 0.3) is 0 Å². The Kier molecular flexibility index (Phi) is 3.25. The van der Waals surface area contributed by atoms with Gasteiger partial charge in [-0.15, -0.1) is 0 Å². The summed E-state index contributed by atoms with van der Waals surface area (Å²) in [7, 11) is 0. The molecule has 2 rings (SSSR count). The van der Waals surface area contributed by atoms with Crippen molar-refractivity contribution in [3.05, 3.63) is 35.5 Å². The predicted molar refractivity (Wildman–Crippen MR) is 67.4 cm³/mol. The molecule has 0 aromatic carbocycles. The highest BCUT2D eigenvalue weighted by molar-refractivity contribution is 5.42. The molecule has 0 amide bonds. The number of aromatic nitrogens is 1. The zero-order chi connectivity index (χ0) is 11.5. The molecule has 3 nitrogen and oxygen atoms in total. The molecule has 1 aliphatic rings. The Hall–Kier alpha value is -1.35. The van der Waals surface area contributed by atoms with E-state index in [1.807, 2.05) is 13.1 Å². The van der Waals surface area contributed by atoms with Crippen molar-refractivity contribution < 1.29 is 0 Å². The van der Waals surface area contributed by atoms with Crippen LogP contribution >= 0.6 is 0 Å². The van der Waals surface area contributed by atoms with Crippen LogP contribution in [0.3, 0.4) is 0 Å². The summed E-state index contributed by atoms with van der Waals surface area (Å²) in [6, 6.07) is 4.19. The molecule has 1 atom stereocenters. The van der Waals surface area contributed by atoms with Gasteiger partial charge in [0.15, 0.2) is 0 Å². The lowest BCUT2D eigenvalue weighted by Crippen LogP contribution is -2.28. The molecule has 0 radical (unpaired) electrons. The molecule has 0 fully saturated rings. The average Bonchev–Trinajstić information content (AvgIpc) is 2.30. The fourth-order valence-corrected chi connectivity index (χ4v) is 1.83. The minimum absolute atomic E-state index is 0.0602. The molecule has 0 saturated carbocycles. The number of rotatable bonds is 2. The molecule has 1 aromatic heterocycles. The van der Waals surface area contributed by atoms with Crippen molar-refractivity contribution in [1.29, 1.82) is 0 Å². The Morgan fingerprint density at radius 3 is 2.75 bits per heavy atom. The lowest BCUT2D eigenvalue weighted by molar-refractivity contribution is 0.768. The SMILES string of the molecule is CC1=CCN(c2ccc([C@@H](C)N)cn2)CC1. The van der Waals surface area contributed by atoms with Crippen LogP contribution in [0.1, 0.15) is 31.9 Å². The van der Waals surface area contributed by atoms with Crippen molar-refractivity contribution in [2.75, 3.05) is 18.0 Å². The monoisotopic (exact) mass is 217 g/mol. The highest BCUT2D eigenvalue weighted by atomic mass is 15.2. The van der Waals surface area contributed by atoms with E-state index in [2.05, 4.69) is 35.0 Å². The third kappa shape index (κ3) is 2.42. The van der Waals surface area contributed by atoms with E-state index in [0.717, 1.165) is 30.9 Å². The first kappa shape index (κ1) is 11.1. The first-order chi connectivity index (χ1) is 7.66. The van der Waals surface area contributed by atoms with E-state index in [1.54, 1.807) is 0 Å². The van der Waals surface area contributed by atoms with Crippen molar-refractivity contribution >= 4 is 5.82 Å². The molecule has 0 bridgehead atoms. The van der Waals surface area contributed by atoms with Crippen LogP contribution < -0.4 is 10.6 Å². The Morgan fingerprint density at radius 2 is 2.25 bits per heavy atom. The zero-order valence-corrected chi connectivity index (χ0v) is 9.98. The maximum atomic E-state index is 5.80. The fourth-order valence-electron chi connectivity index (χ4n) is 1.83. The van der Waals surface area contributed by atoms with E-state index >= 15 is 0 Å². The quantitative estimate of drug-likeness (QED) is 0.773. The van der Waals surface area contributed by atoms with Gasteiger partial charge in [-0.1, -0.05) is 17.7 Å². The molecule has 0 spiro atoms. The third-order valence-corrected chi connectivity index (χ3v) is 3.06. The number of pyridine rings is 1. The molecule has 1 aromatic rings. The molecule has 86 valence electrons. The predicted octanol–water partition coefficient (Wildman–Crippen LogP) is 2.26. The van der Waals surface area contributed by atoms with E-state index < -0.39 is 0 Å². The normalized spacial score (nSPS) is 18.2. The van der Waals surface area contributed by atoms with Gasteiger partial charge >= 0.3 is 0 Å². The second-order valence-corrected chi connectivity index (χ2v) is 4.48. The summed E-state index contributed by atoms with van der Waals surface area (Å²) in [5.41, 5.74) is 8.36. The number of nitrogens with zero attached hydrogens (tertiary/aromatic N) is 2. The Labute approximate surface area is 97.0 Å². The summed E-state index contributed by atoms with van der Waals surface area (Å²) in [5.74, 6) is 1.05. The summed E-state index contributed by atoms with van der Waals surface area (Å²) in [6.45, 7) is 6.19. The largest absolute Gasteiger partial charge is 0.353 e. The summed E-state index contributed by atoms with van der Waals surface area (Å²) in [5, 5.41) is 0. The van der Waals surface area contributed by atoms with Gasteiger partial charge in [-0.2, -0.15) is 0 Å². The molecule has 16 heavy (non-hydrogen) atoms. The molecule has 0 aliphatic carbocycles. The number of anilines is 1. The lowest BCUT2D eigenvalue weighted by atomic mass is 10.1. The van der Waals surface area contributed by atoms with Crippen LogP contribution in [0, 0.1) is 0 Å². The van der Waals surface area contributed by atoms with Crippen LogP contribution in [0.5, 0.6) is 0 Å². The van der Waals surface area contributed by atoms with Gasteiger partial charge in [-0.3, -0.25) is 0 Å². The molecule has 2 N–H and O–H groups in total. The van der Waals surface area contributed by atoms with Gasteiger partial charge in [-0.05, 0) is 31.9 Å². The Morgan fingerprint density at radius 1 is 1.44 bits per heavy atom. The lowest BCUT2D eigenvalue weighted by Gasteiger charge is -2.26. The molecule has 0 saturated heterocycles. The topological polar surface area (TPSA) is 42.1 Å². The Balaban J connectivity index is 2.10. The average molecular weight is 217 g/mol. The minimum atomic E-state index is 0.0602. The van der Waals surface area contributed by atoms with Gasteiger partial charge in [0, 0.05) is 25.3 Å². The van der Waals surface area contributed by atoms with Crippen LogP contribution in [0.2, 0.25) is 0 Å². The van der Waals surface area contributed by atoms with Crippen LogP contribution in [0.4, 0.5) is 5.82 Å². The molecule has 3 heteroatoms. The first-order valence-corrected chi connectivity index (χ1v) is 5.79. The molecular formula is C13H19N3. The van der Waals surface area contributed by atoms with Gasteiger partial charge in [0.2, 0.25) is 0 Å². The molecule has 1 aliphatic heterocycles. The van der Waals surface area contributed by atoms with E-state index in [-0.39, 0.29) is 6.04 Å². The van der Waals surface area contributed by atoms with E-state index in [0.29, 0.717) is 0 Å². The first-order valence-electron chi connectivity index (χ1n) is 5.79. The second kappa shape index (κ2) is 4.66. The molecule has 2 heterocycles. The van der Waals surface area contributed by atoms with Gasteiger partial charge in [0.1, 0.15) is 5.82 Å². The van der Waals surface area contributed by atoms with Gasteiger partial charge in [0.05, 0.1) is 0 Å². The van der Waals surface area contributed by atoms with Crippen LogP contribution in [-0.4, -0.2) is 18.1 Å². The third-order valence-electron chi connectivity index (χ3n) is 3.06. The van der Waals surface area contributed by atoms with Gasteiger partial charge in [0.25, 0.3) is 0 Å². The summed E-state index contributed by atoms with van der Waals surface area (Å²) in [4.78, 5) is 6.75. The maximum absolute atomic E-state index is 5.80. The summed E-state index contributed by atoms with van der Waals surface area (Å²) < 4.78 is 0. The van der Waals surface area contributed by atoms with Crippen molar-refractivity contribution in [1.82, 2.24) is 4.98 Å². The molecule has 0 unspecified atom stereocenters. The van der Waals surface area contributed by atoms with Crippen molar-refractivity contribution in [2.24, 2.45) is 5.73 Å². The van der Waals surface area contributed by atoms with Crippen molar-refractivity contribution in [3.63, 3.8) is 0 Å². The van der Waals surface area contributed by atoms with Gasteiger partial charge in [-0.25, -0.2) is 4.98 Å². The van der Waals surface area contributed by atoms with E-state index in [9.17, 15) is 0 Å². The van der Waals surface area contributed by atoms with E-state index in [4.69, 9.17) is 5.73 Å². The summed E-state index contributed by atoms with van der Waals surface area (Å²) in [6.07, 6.45) is 5.28. The van der Waals surface area contributed by atoms with E-state index in [1.165, 1.54) is 5.57 Å². The second-order valence-electron chi connectivity index (χ2n) is 4.48. The highest BCUT2D eigenvalue weighted by Gasteiger charge is 2.11. The maximum Gasteiger partial charge on any atom is 0.128 e.